The van der Waals surface area contributed by atoms with Crippen LogP contribution >= 0.6 is 0 Å². The molecular weight excluding hydrogens is 346 g/mol. The molecule has 0 aromatic carbocycles. The topological polar surface area (TPSA) is 109 Å². The highest BCUT2D eigenvalue weighted by molar-refractivity contribution is 5.74. The molecule has 1 aliphatic heterocycles. The van der Waals surface area contributed by atoms with Crippen molar-refractivity contribution < 1.29 is 0 Å². The summed E-state index contributed by atoms with van der Waals surface area (Å²) >= 11 is 0. The van der Waals surface area contributed by atoms with Crippen molar-refractivity contribution in [2.45, 2.75) is 25.3 Å². The monoisotopic (exact) mass is 367 g/mol. The Balaban J connectivity index is 1.57. The summed E-state index contributed by atoms with van der Waals surface area (Å²) in [6.07, 6.45) is 4.82. The van der Waals surface area contributed by atoms with E-state index in [0.29, 0.717) is 23.5 Å². The van der Waals surface area contributed by atoms with Gasteiger partial charge in [0.25, 0.3) is 11.1 Å². The lowest BCUT2D eigenvalue weighted by Crippen LogP contribution is -2.45. The van der Waals surface area contributed by atoms with E-state index >= 15 is 0 Å². The number of aromatic amines is 1. The zero-order chi connectivity index (χ0) is 18.8. The van der Waals surface area contributed by atoms with Gasteiger partial charge in [0, 0.05) is 38.4 Å². The second-order valence-corrected chi connectivity index (χ2v) is 6.68. The second-order valence-electron chi connectivity index (χ2n) is 6.68. The van der Waals surface area contributed by atoms with Crippen LogP contribution in [-0.2, 0) is 7.05 Å². The van der Waals surface area contributed by atoms with Crippen LogP contribution in [-0.4, -0.2) is 43.9 Å². The van der Waals surface area contributed by atoms with Crippen molar-refractivity contribution in [3.05, 3.63) is 51.2 Å². The zero-order valence-electron chi connectivity index (χ0n) is 15.1. The Hall–Kier alpha value is -3.23. The van der Waals surface area contributed by atoms with Gasteiger partial charge in [-0.1, -0.05) is 0 Å². The van der Waals surface area contributed by atoms with Gasteiger partial charge in [-0.3, -0.25) is 14.2 Å². The largest absolute Gasteiger partial charge is 0.353 e. The van der Waals surface area contributed by atoms with Crippen LogP contribution in [0.1, 0.15) is 19.3 Å². The van der Waals surface area contributed by atoms with Crippen molar-refractivity contribution in [3.8, 4) is 0 Å². The first kappa shape index (κ1) is 17.2. The summed E-state index contributed by atoms with van der Waals surface area (Å²) in [4.78, 5) is 34.6. The van der Waals surface area contributed by atoms with Crippen molar-refractivity contribution in [3.63, 3.8) is 0 Å². The Kier molecular flexibility index (Phi) is 4.57. The van der Waals surface area contributed by atoms with E-state index in [1.165, 1.54) is 10.6 Å². The van der Waals surface area contributed by atoms with Crippen molar-refractivity contribution >= 4 is 22.8 Å². The molecule has 0 amide bonds. The van der Waals surface area contributed by atoms with Crippen molar-refractivity contribution in [2.75, 3.05) is 23.3 Å². The molecule has 9 heteroatoms. The minimum Gasteiger partial charge on any atom is -0.353 e. The SMILES string of the molecule is Cn1c(NCC2CCCCN2c2ccc(=O)[nH]n2)nc2ncccc2c1=O. The first-order valence-corrected chi connectivity index (χ1v) is 9.01. The number of hydrogen-bond donors (Lipinski definition) is 2. The van der Waals surface area contributed by atoms with Crippen LogP contribution in [0.25, 0.3) is 11.0 Å². The lowest BCUT2D eigenvalue weighted by molar-refractivity contribution is 0.466. The van der Waals surface area contributed by atoms with Gasteiger partial charge in [-0.25, -0.2) is 10.1 Å². The van der Waals surface area contributed by atoms with Crippen LogP contribution in [0, 0.1) is 0 Å². The molecule has 27 heavy (non-hydrogen) atoms. The van der Waals surface area contributed by atoms with E-state index in [2.05, 4.69) is 30.4 Å². The Morgan fingerprint density at radius 3 is 2.96 bits per heavy atom. The molecule has 3 aromatic rings. The van der Waals surface area contributed by atoms with E-state index in [4.69, 9.17) is 0 Å². The number of hydrogen-bond acceptors (Lipinski definition) is 7. The van der Waals surface area contributed by atoms with Gasteiger partial charge in [-0.2, -0.15) is 10.1 Å². The molecule has 1 atom stereocenters. The van der Waals surface area contributed by atoms with Gasteiger partial charge < -0.3 is 10.2 Å². The second kappa shape index (κ2) is 7.18. The third-order valence-corrected chi connectivity index (χ3v) is 4.93. The molecule has 0 aliphatic carbocycles. The van der Waals surface area contributed by atoms with E-state index in [1.807, 2.05) is 0 Å². The molecule has 3 aromatic heterocycles. The van der Waals surface area contributed by atoms with Crippen LogP contribution in [0.15, 0.2) is 40.1 Å². The summed E-state index contributed by atoms with van der Waals surface area (Å²) in [7, 11) is 1.70. The highest BCUT2D eigenvalue weighted by Crippen LogP contribution is 2.22. The molecule has 0 saturated carbocycles. The number of anilines is 2. The van der Waals surface area contributed by atoms with Gasteiger partial charge in [0.2, 0.25) is 5.95 Å². The maximum atomic E-state index is 12.5. The van der Waals surface area contributed by atoms with E-state index in [0.717, 1.165) is 31.6 Å². The maximum Gasteiger partial charge on any atom is 0.264 e. The van der Waals surface area contributed by atoms with Gasteiger partial charge >= 0.3 is 0 Å². The highest BCUT2D eigenvalue weighted by Gasteiger charge is 2.24. The number of aromatic nitrogens is 5. The molecule has 0 radical (unpaired) electrons. The lowest BCUT2D eigenvalue weighted by Gasteiger charge is -2.36. The fraction of sp³-hybridized carbons (Fsp3) is 0.389. The van der Waals surface area contributed by atoms with Gasteiger partial charge in [0.1, 0.15) is 5.82 Å². The Morgan fingerprint density at radius 2 is 2.15 bits per heavy atom. The molecule has 4 heterocycles. The van der Waals surface area contributed by atoms with E-state index < -0.39 is 0 Å². The molecule has 140 valence electrons. The van der Waals surface area contributed by atoms with Crippen molar-refractivity contribution in [2.24, 2.45) is 7.05 Å². The smallest absolute Gasteiger partial charge is 0.264 e. The van der Waals surface area contributed by atoms with Crippen LogP contribution in [0.4, 0.5) is 11.8 Å². The third-order valence-electron chi connectivity index (χ3n) is 4.93. The standard InChI is InChI=1S/C18H21N7O2/c1-24-17(27)13-6-4-9-19-16(13)21-18(24)20-11-12-5-2-3-10-25(12)14-7-8-15(26)23-22-14/h4,6-9,12H,2-3,5,10-11H2,1H3,(H,23,26)(H,19,20,21). The van der Waals surface area contributed by atoms with E-state index in [1.54, 1.807) is 31.4 Å². The van der Waals surface area contributed by atoms with Gasteiger partial charge in [-0.05, 0) is 37.5 Å². The minimum atomic E-state index is -0.215. The number of H-pyrrole nitrogens is 1. The molecule has 1 saturated heterocycles. The average Bonchev–Trinajstić information content (AvgIpc) is 2.70. The Bertz CT molecular complexity index is 1050. The number of rotatable bonds is 4. The van der Waals surface area contributed by atoms with E-state index in [-0.39, 0.29) is 17.2 Å². The summed E-state index contributed by atoms with van der Waals surface area (Å²) in [5, 5.41) is 10.5. The van der Waals surface area contributed by atoms with Crippen LogP contribution in [0.2, 0.25) is 0 Å². The Labute approximate surface area is 155 Å². The number of pyridine rings is 1. The molecule has 0 bridgehead atoms. The van der Waals surface area contributed by atoms with Crippen LogP contribution in [0.5, 0.6) is 0 Å². The van der Waals surface area contributed by atoms with Crippen LogP contribution in [0.3, 0.4) is 0 Å². The minimum absolute atomic E-state index is 0.126. The molecule has 1 fully saturated rings. The number of nitrogens with one attached hydrogen (secondary N) is 2. The molecule has 9 nitrogen and oxygen atoms in total. The predicted octanol–water partition coefficient (Wildman–Crippen LogP) is 0.883. The van der Waals surface area contributed by atoms with Gasteiger partial charge in [0.15, 0.2) is 5.65 Å². The lowest BCUT2D eigenvalue weighted by atomic mass is 10.0. The fourth-order valence-electron chi connectivity index (χ4n) is 3.48. The summed E-state index contributed by atoms with van der Waals surface area (Å²) < 4.78 is 1.51. The molecule has 2 N–H and O–H groups in total. The number of fused-ring (bicyclic) bond motifs is 1. The van der Waals surface area contributed by atoms with Crippen molar-refractivity contribution in [1.82, 2.24) is 24.7 Å². The summed E-state index contributed by atoms with van der Waals surface area (Å²) in [6, 6.07) is 6.88. The normalized spacial score (nSPS) is 17.2. The average molecular weight is 367 g/mol. The molecule has 1 aliphatic rings. The summed E-state index contributed by atoms with van der Waals surface area (Å²) in [6.45, 7) is 1.48. The Morgan fingerprint density at radius 1 is 1.26 bits per heavy atom. The maximum absolute atomic E-state index is 12.5. The van der Waals surface area contributed by atoms with E-state index in [9.17, 15) is 9.59 Å². The number of nitrogens with zero attached hydrogens (tertiary/aromatic N) is 5. The predicted molar refractivity (Wildman–Crippen MR) is 103 cm³/mol. The third kappa shape index (κ3) is 3.40. The van der Waals surface area contributed by atoms with Gasteiger partial charge in [0.05, 0.1) is 5.39 Å². The fourth-order valence-corrected chi connectivity index (χ4v) is 3.48. The zero-order valence-corrected chi connectivity index (χ0v) is 15.1. The first-order valence-electron chi connectivity index (χ1n) is 9.01. The first-order chi connectivity index (χ1) is 13.1. The quantitative estimate of drug-likeness (QED) is 0.705. The highest BCUT2D eigenvalue weighted by atomic mass is 16.1. The molecule has 0 spiro atoms. The van der Waals surface area contributed by atoms with Crippen molar-refractivity contribution in [1.29, 1.82) is 0 Å². The summed E-state index contributed by atoms with van der Waals surface area (Å²) in [5.74, 6) is 1.24. The summed E-state index contributed by atoms with van der Waals surface area (Å²) in [5.41, 5.74) is 0.0950. The molecule has 4 rings (SSSR count). The molecular formula is C18H21N7O2. The number of piperidine rings is 1. The molecule has 1 unspecified atom stereocenters. The van der Waals surface area contributed by atoms with Gasteiger partial charge in [-0.15, -0.1) is 0 Å². The van der Waals surface area contributed by atoms with Crippen LogP contribution < -0.4 is 21.3 Å².